The number of rotatable bonds is 3. The highest BCUT2D eigenvalue weighted by Gasteiger charge is 2.16. The normalized spacial score (nSPS) is 20.0. The van der Waals surface area contributed by atoms with Gasteiger partial charge in [0.2, 0.25) is 0 Å². The predicted octanol–water partition coefficient (Wildman–Crippen LogP) is 4.00. The van der Waals surface area contributed by atoms with Crippen LogP contribution in [0.1, 0.15) is 65.2 Å². The summed E-state index contributed by atoms with van der Waals surface area (Å²) in [6.45, 7) is 3.88. The van der Waals surface area contributed by atoms with Crippen molar-refractivity contribution in [2.75, 3.05) is 0 Å². The van der Waals surface area contributed by atoms with Gasteiger partial charge in [0.05, 0.1) is 0 Å². The molecule has 0 aromatic rings. The van der Waals surface area contributed by atoms with E-state index in [1.54, 1.807) is 0 Å². The zero-order chi connectivity index (χ0) is 11.8. The van der Waals surface area contributed by atoms with Gasteiger partial charge in [-0.2, -0.15) is 0 Å². The van der Waals surface area contributed by atoms with E-state index in [-0.39, 0.29) is 12.1 Å². The molecule has 0 amide bonds. The molecule has 0 bridgehead atoms. The van der Waals surface area contributed by atoms with Gasteiger partial charge in [-0.1, -0.05) is 32.3 Å². The lowest BCUT2D eigenvalue weighted by Crippen LogP contribution is -2.19. The molecule has 0 radical (unpaired) electrons. The van der Waals surface area contributed by atoms with Crippen LogP contribution in [0, 0.1) is 0 Å². The van der Waals surface area contributed by atoms with Crippen molar-refractivity contribution >= 4 is 5.97 Å². The number of carbonyl (C=O) groups excluding carboxylic acids is 1. The SMILES string of the molecule is CC/C=C(\C)C(=O)OC1CCCCCCC1. The van der Waals surface area contributed by atoms with Crippen LogP contribution in [-0.2, 0) is 9.53 Å². The molecule has 0 spiro atoms. The van der Waals surface area contributed by atoms with E-state index in [0.717, 1.165) is 24.8 Å². The highest BCUT2D eigenvalue weighted by atomic mass is 16.5. The maximum Gasteiger partial charge on any atom is 0.333 e. The van der Waals surface area contributed by atoms with Crippen LogP contribution in [-0.4, -0.2) is 12.1 Å². The van der Waals surface area contributed by atoms with Gasteiger partial charge in [0.25, 0.3) is 0 Å². The molecule has 2 nitrogen and oxygen atoms in total. The van der Waals surface area contributed by atoms with E-state index < -0.39 is 0 Å². The molecule has 2 heteroatoms. The van der Waals surface area contributed by atoms with Gasteiger partial charge < -0.3 is 4.74 Å². The molecule has 16 heavy (non-hydrogen) atoms. The summed E-state index contributed by atoms with van der Waals surface area (Å²) in [6.07, 6.45) is 11.4. The van der Waals surface area contributed by atoms with Gasteiger partial charge >= 0.3 is 5.97 Å². The average molecular weight is 224 g/mol. The fourth-order valence-corrected chi connectivity index (χ4v) is 2.17. The van der Waals surface area contributed by atoms with Crippen LogP contribution in [0.4, 0.5) is 0 Å². The zero-order valence-electron chi connectivity index (χ0n) is 10.6. The summed E-state index contributed by atoms with van der Waals surface area (Å²) in [6, 6.07) is 0. The fraction of sp³-hybridized carbons (Fsp3) is 0.786. The quantitative estimate of drug-likeness (QED) is 0.535. The van der Waals surface area contributed by atoms with Crippen molar-refractivity contribution in [2.24, 2.45) is 0 Å². The number of allylic oxidation sites excluding steroid dienone is 1. The number of ether oxygens (including phenoxy) is 1. The summed E-state index contributed by atoms with van der Waals surface area (Å²) >= 11 is 0. The minimum atomic E-state index is -0.118. The lowest BCUT2D eigenvalue weighted by atomic mass is 9.98. The Morgan fingerprint density at radius 2 is 1.75 bits per heavy atom. The number of hydrogen-bond acceptors (Lipinski definition) is 2. The first-order valence-electron chi connectivity index (χ1n) is 6.61. The third kappa shape index (κ3) is 4.82. The molecule has 0 unspecified atom stereocenters. The van der Waals surface area contributed by atoms with Gasteiger partial charge in [0, 0.05) is 5.57 Å². The Hall–Kier alpha value is -0.790. The third-order valence-corrected chi connectivity index (χ3v) is 3.16. The van der Waals surface area contributed by atoms with E-state index in [4.69, 9.17) is 4.74 Å². The second kappa shape index (κ2) is 7.48. The summed E-state index contributed by atoms with van der Waals surface area (Å²) in [5, 5.41) is 0. The van der Waals surface area contributed by atoms with Crippen molar-refractivity contribution in [1.82, 2.24) is 0 Å². The van der Waals surface area contributed by atoms with Crippen molar-refractivity contribution in [1.29, 1.82) is 0 Å². The van der Waals surface area contributed by atoms with Crippen molar-refractivity contribution in [3.05, 3.63) is 11.6 Å². The van der Waals surface area contributed by atoms with Gasteiger partial charge in [-0.05, 0) is 39.0 Å². The molecule has 92 valence electrons. The molecule has 0 N–H and O–H groups in total. The van der Waals surface area contributed by atoms with Crippen molar-refractivity contribution in [2.45, 2.75) is 71.3 Å². The highest BCUT2D eigenvalue weighted by Crippen LogP contribution is 2.20. The average Bonchev–Trinajstić information content (AvgIpc) is 2.22. The monoisotopic (exact) mass is 224 g/mol. The van der Waals surface area contributed by atoms with E-state index in [1.165, 1.54) is 32.1 Å². The van der Waals surface area contributed by atoms with E-state index in [0.29, 0.717) is 0 Å². The first-order chi connectivity index (χ1) is 7.74. The first-order valence-corrected chi connectivity index (χ1v) is 6.61. The molecule has 0 saturated heterocycles. The standard InChI is InChI=1S/C14H24O2/c1-3-9-12(2)14(15)16-13-10-7-5-4-6-8-11-13/h9,13H,3-8,10-11H2,1-2H3/b12-9+. The van der Waals surface area contributed by atoms with Crippen LogP contribution >= 0.6 is 0 Å². The summed E-state index contributed by atoms with van der Waals surface area (Å²) in [7, 11) is 0. The van der Waals surface area contributed by atoms with Gasteiger partial charge in [-0.15, -0.1) is 0 Å². The Bertz CT molecular complexity index is 235. The van der Waals surface area contributed by atoms with Crippen LogP contribution in [0.25, 0.3) is 0 Å². The Morgan fingerprint density at radius 1 is 1.19 bits per heavy atom. The van der Waals surface area contributed by atoms with E-state index in [1.807, 2.05) is 19.9 Å². The Balaban J connectivity index is 2.38. The highest BCUT2D eigenvalue weighted by molar-refractivity contribution is 5.87. The minimum Gasteiger partial charge on any atom is -0.459 e. The number of hydrogen-bond donors (Lipinski definition) is 0. The largest absolute Gasteiger partial charge is 0.459 e. The molecular formula is C14H24O2. The molecule has 1 aliphatic rings. The zero-order valence-corrected chi connectivity index (χ0v) is 10.6. The Kier molecular flexibility index (Phi) is 6.20. The molecule has 0 aromatic heterocycles. The Morgan fingerprint density at radius 3 is 2.31 bits per heavy atom. The van der Waals surface area contributed by atoms with E-state index in [2.05, 4.69) is 0 Å². The van der Waals surface area contributed by atoms with Gasteiger partial charge in [-0.25, -0.2) is 4.79 Å². The molecule has 0 heterocycles. The summed E-state index contributed by atoms with van der Waals surface area (Å²) < 4.78 is 5.53. The lowest BCUT2D eigenvalue weighted by Gasteiger charge is -2.20. The maximum absolute atomic E-state index is 11.7. The van der Waals surface area contributed by atoms with E-state index >= 15 is 0 Å². The summed E-state index contributed by atoms with van der Waals surface area (Å²) in [4.78, 5) is 11.7. The van der Waals surface area contributed by atoms with Crippen LogP contribution in [0.3, 0.4) is 0 Å². The second-order valence-corrected chi connectivity index (χ2v) is 4.67. The van der Waals surface area contributed by atoms with E-state index in [9.17, 15) is 4.79 Å². The second-order valence-electron chi connectivity index (χ2n) is 4.67. The number of esters is 1. The topological polar surface area (TPSA) is 26.3 Å². The predicted molar refractivity (Wildman–Crippen MR) is 66.2 cm³/mol. The summed E-state index contributed by atoms with van der Waals surface area (Å²) in [5.41, 5.74) is 0.754. The van der Waals surface area contributed by atoms with Gasteiger partial charge in [0.15, 0.2) is 0 Å². The van der Waals surface area contributed by atoms with Gasteiger partial charge in [0.1, 0.15) is 6.10 Å². The van der Waals surface area contributed by atoms with Crippen molar-refractivity contribution in [3.63, 3.8) is 0 Å². The smallest absolute Gasteiger partial charge is 0.333 e. The maximum atomic E-state index is 11.7. The van der Waals surface area contributed by atoms with Crippen LogP contribution < -0.4 is 0 Å². The minimum absolute atomic E-state index is 0.118. The van der Waals surface area contributed by atoms with Crippen molar-refractivity contribution < 1.29 is 9.53 Å². The van der Waals surface area contributed by atoms with Crippen LogP contribution in [0.5, 0.6) is 0 Å². The Labute approximate surface area is 99.1 Å². The van der Waals surface area contributed by atoms with Crippen LogP contribution in [0.15, 0.2) is 11.6 Å². The molecule has 1 aliphatic carbocycles. The molecule has 1 fully saturated rings. The summed E-state index contributed by atoms with van der Waals surface area (Å²) in [5.74, 6) is -0.118. The number of carbonyl (C=O) groups is 1. The van der Waals surface area contributed by atoms with Gasteiger partial charge in [-0.3, -0.25) is 0 Å². The van der Waals surface area contributed by atoms with Crippen molar-refractivity contribution in [3.8, 4) is 0 Å². The lowest BCUT2D eigenvalue weighted by molar-refractivity contribution is -0.145. The van der Waals surface area contributed by atoms with Crippen LogP contribution in [0.2, 0.25) is 0 Å². The first kappa shape index (κ1) is 13.3. The molecule has 0 atom stereocenters. The molecular weight excluding hydrogens is 200 g/mol. The third-order valence-electron chi connectivity index (χ3n) is 3.16. The molecule has 1 rings (SSSR count). The molecule has 1 saturated carbocycles. The molecule has 0 aromatic carbocycles. The fourth-order valence-electron chi connectivity index (χ4n) is 2.17. The molecule has 0 aliphatic heterocycles.